The number of aliphatic hydroxyl groups is 1. The molecule has 8 heteroatoms. The molecule has 4 rings (SSSR count). The van der Waals surface area contributed by atoms with Crippen LogP contribution in [0.4, 0.5) is 0 Å². The first kappa shape index (κ1) is 23.6. The Morgan fingerprint density at radius 2 is 2.00 bits per heavy atom. The smallest absolute Gasteiger partial charge is 0.290 e. The Morgan fingerprint density at radius 3 is 2.68 bits per heavy atom. The van der Waals surface area contributed by atoms with Gasteiger partial charge in [0.05, 0.1) is 42.5 Å². The van der Waals surface area contributed by atoms with E-state index in [-0.39, 0.29) is 17.9 Å². The van der Waals surface area contributed by atoms with Crippen molar-refractivity contribution in [1.29, 1.82) is 0 Å². The summed E-state index contributed by atoms with van der Waals surface area (Å²) in [5.74, 6) is 0.115. The van der Waals surface area contributed by atoms with Crippen molar-refractivity contribution in [3.05, 3.63) is 81.6 Å². The molecule has 3 aromatic rings. The topological polar surface area (TPSA) is 89.2 Å². The van der Waals surface area contributed by atoms with E-state index in [4.69, 9.17) is 13.9 Å². The molecule has 178 valence electrons. The largest absolute Gasteiger partial charge is 0.503 e. The van der Waals surface area contributed by atoms with Gasteiger partial charge in [-0.1, -0.05) is 25.5 Å². The molecule has 1 unspecified atom stereocenters. The Kier molecular flexibility index (Phi) is 7.37. The van der Waals surface area contributed by atoms with Crippen LogP contribution in [-0.2, 0) is 11.3 Å². The maximum atomic E-state index is 13.4. The van der Waals surface area contributed by atoms with Gasteiger partial charge in [-0.15, -0.1) is 11.3 Å². The highest BCUT2D eigenvalue weighted by atomic mass is 32.1. The van der Waals surface area contributed by atoms with Gasteiger partial charge in [0, 0.05) is 0 Å². The molecule has 0 saturated heterocycles. The predicted octanol–water partition coefficient (Wildman–Crippen LogP) is 5.70. The van der Waals surface area contributed by atoms with Crippen LogP contribution >= 0.6 is 11.3 Å². The first-order chi connectivity index (χ1) is 16.5. The Hall–Kier alpha value is -3.52. The number of aliphatic hydroxyl groups excluding tert-OH is 1. The number of ketones is 1. The number of ether oxygens (including phenoxy) is 2. The second-order valence-corrected chi connectivity index (χ2v) is 8.77. The molecule has 0 radical (unpaired) electrons. The number of benzene rings is 1. The third-order valence-electron chi connectivity index (χ3n) is 5.54. The van der Waals surface area contributed by atoms with Gasteiger partial charge in [-0.3, -0.25) is 9.59 Å². The van der Waals surface area contributed by atoms with E-state index in [2.05, 4.69) is 6.92 Å². The first-order valence-corrected chi connectivity index (χ1v) is 12.2. The number of carbonyl (C=O) groups excluding carboxylic acids is 2. The normalized spacial score (nSPS) is 15.8. The Balaban J connectivity index is 1.76. The minimum atomic E-state index is -0.809. The van der Waals surface area contributed by atoms with Crippen molar-refractivity contribution < 1.29 is 28.6 Å². The van der Waals surface area contributed by atoms with E-state index in [0.717, 1.165) is 12.8 Å². The average molecular weight is 482 g/mol. The molecule has 0 bridgehead atoms. The minimum absolute atomic E-state index is 0.0427. The highest BCUT2D eigenvalue weighted by Gasteiger charge is 2.44. The van der Waals surface area contributed by atoms with Gasteiger partial charge < -0.3 is 23.9 Å². The van der Waals surface area contributed by atoms with Crippen LogP contribution in [-0.4, -0.2) is 34.9 Å². The number of hydrogen-bond acceptors (Lipinski definition) is 7. The lowest BCUT2D eigenvalue weighted by atomic mass is 9.95. The highest BCUT2D eigenvalue weighted by molar-refractivity contribution is 7.12. The molecule has 1 N–H and O–H groups in total. The number of furan rings is 1. The van der Waals surface area contributed by atoms with E-state index in [9.17, 15) is 14.7 Å². The van der Waals surface area contributed by atoms with E-state index in [1.807, 2.05) is 6.92 Å². The van der Waals surface area contributed by atoms with Gasteiger partial charge >= 0.3 is 0 Å². The average Bonchev–Trinajstić information content (AvgIpc) is 3.59. The van der Waals surface area contributed by atoms with E-state index < -0.39 is 17.7 Å². The second-order valence-electron chi connectivity index (χ2n) is 7.82. The monoisotopic (exact) mass is 481 g/mol. The van der Waals surface area contributed by atoms with Crippen LogP contribution in [0.25, 0.3) is 0 Å². The van der Waals surface area contributed by atoms with Crippen LogP contribution in [0.1, 0.15) is 53.7 Å². The fourth-order valence-electron chi connectivity index (χ4n) is 3.91. The fraction of sp³-hybridized carbons (Fsp3) is 0.308. The number of nitrogens with zero attached hydrogens (tertiary/aromatic N) is 1. The third-order valence-corrected chi connectivity index (χ3v) is 6.41. The lowest BCUT2D eigenvalue weighted by Gasteiger charge is -2.26. The first-order valence-electron chi connectivity index (χ1n) is 11.3. The van der Waals surface area contributed by atoms with Crippen LogP contribution in [0.15, 0.2) is 69.9 Å². The molecule has 0 aliphatic carbocycles. The minimum Gasteiger partial charge on any atom is -0.503 e. The zero-order valence-corrected chi connectivity index (χ0v) is 20.0. The molecule has 34 heavy (non-hydrogen) atoms. The Bertz CT molecular complexity index is 1170. The molecule has 7 nitrogen and oxygen atoms in total. The van der Waals surface area contributed by atoms with E-state index >= 15 is 0 Å². The fourth-order valence-corrected chi connectivity index (χ4v) is 4.59. The summed E-state index contributed by atoms with van der Waals surface area (Å²) in [5.41, 5.74) is 0.677. The highest BCUT2D eigenvalue weighted by Crippen LogP contribution is 2.43. The number of rotatable bonds is 11. The summed E-state index contributed by atoms with van der Waals surface area (Å²) in [4.78, 5) is 28.4. The van der Waals surface area contributed by atoms with Crippen molar-refractivity contribution in [2.24, 2.45) is 0 Å². The van der Waals surface area contributed by atoms with Gasteiger partial charge in [-0.05, 0) is 54.6 Å². The van der Waals surface area contributed by atoms with Gasteiger partial charge in [-0.2, -0.15) is 0 Å². The lowest BCUT2D eigenvalue weighted by molar-refractivity contribution is -0.130. The van der Waals surface area contributed by atoms with Gasteiger partial charge in [0.25, 0.3) is 5.91 Å². The molecule has 2 aromatic heterocycles. The zero-order valence-electron chi connectivity index (χ0n) is 19.2. The molecule has 0 fully saturated rings. The summed E-state index contributed by atoms with van der Waals surface area (Å²) in [6.45, 7) is 5.05. The van der Waals surface area contributed by atoms with Gasteiger partial charge in [0.1, 0.15) is 5.76 Å². The SMILES string of the molecule is CCCCOc1ccc(C2C(C(=O)c3cccs3)=C(O)C(=O)N2Cc2ccco2)cc1OCC. The number of carbonyl (C=O) groups is 2. The molecule has 0 spiro atoms. The Morgan fingerprint density at radius 1 is 1.15 bits per heavy atom. The number of unbranched alkanes of at least 4 members (excludes halogenated alkanes) is 1. The summed E-state index contributed by atoms with van der Waals surface area (Å²) in [6.07, 6.45) is 3.44. The van der Waals surface area contributed by atoms with Crippen molar-refractivity contribution in [3.63, 3.8) is 0 Å². The number of amides is 1. The van der Waals surface area contributed by atoms with Crippen molar-refractivity contribution in [3.8, 4) is 11.5 Å². The van der Waals surface area contributed by atoms with Crippen molar-refractivity contribution >= 4 is 23.0 Å². The summed E-state index contributed by atoms with van der Waals surface area (Å²) >= 11 is 1.26. The summed E-state index contributed by atoms with van der Waals surface area (Å²) < 4.78 is 17.2. The molecule has 3 heterocycles. The molecule has 1 aliphatic heterocycles. The van der Waals surface area contributed by atoms with Gasteiger partial charge in [0.15, 0.2) is 17.3 Å². The molecule has 1 amide bonds. The van der Waals surface area contributed by atoms with Crippen molar-refractivity contribution in [1.82, 2.24) is 4.90 Å². The summed E-state index contributed by atoms with van der Waals surface area (Å²) in [6, 6.07) is 11.5. The van der Waals surface area contributed by atoms with Gasteiger partial charge in [-0.25, -0.2) is 0 Å². The number of Topliss-reactive ketones (excluding diaryl/α,β-unsaturated/α-hetero) is 1. The summed E-state index contributed by atoms with van der Waals surface area (Å²) in [7, 11) is 0. The molecule has 1 aromatic carbocycles. The van der Waals surface area contributed by atoms with Crippen LogP contribution < -0.4 is 9.47 Å². The maximum Gasteiger partial charge on any atom is 0.290 e. The molecule has 1 aliphatic rings. The van der Waals surface area contributed by atoms with Crippen LogP contribution in [0.5, 0.6) is 11.5 Å². The molecule has 1 atom stereocenters. The summed E-state index contributed by atoms with van der Waals surface area (Å²) in [5, 5.41) is 12.6. The number of hydrogen-bond donors (Lipinski definition) is 1. The van der Waals surface area contributed by atoms with E-state index in [1.54, 1.807) is 47.8 Å². The van der Waals surface area contributed by atoms with E-state index in [0.29, 0.717) is 40.9 Å². The van der Waals surface area contributed by atoms with Crippen LogP contribution in [0.3, 0.4) is 0 Å². The third kappa shape index (κ3) is 4.72. The van der Waals surface area contributed by atoms with Crippen LogP contribution in [0, 0.1) is 0 Å². The van der Waals surface area contributed by atoms with Crippen molar-refractivity contribution in [2.75, 3.05) is 13.2 Å². The quantitative estimate of drug-likeness (QED) is 0.279. The Labute approximate surface area is 202 Å². The van der Waals surface area contributed by atoms with Crippen LogP contribution in [0.2, 0.25) is 0 Å². The van der Waals surface area contributed by atoms with E-state index in [1.165, 1.54) is 22.5 Å². The lowest BCUT2D eigenvalue weighted by Crippen LogP contribution is -2.30. The zero-order chi connectivity index (χ0) is 24.1. The van der Waals surface area contributed by atoms with Crippen molar-refractivity contribution in [2.45, 2.75) is 39.3 Å². The predicted molar refractivity (Wildman–Crippen MR) is 128 cm³/mol. The standard InChI is InChI=1S/C26H27NO6S/c1-3-5-12-33-19-11-10-17(15-20(19)31-4-2)23-22(24(28)21-9-7-14-34-21)25(29)26(30)27(23)16-18-8-6-13-32-18/h6-11,13-15,23,29H,3-5,12,16H2,1-2H3. The maximum absolute atomic E-state index is 13.4. The molecule has 0 saturated carbocycles. The number of thiophene rings is 1. The van der Waals surface area contributed by atoms with Gasteiger partial charge in [0.2, 0.25) is 5.78 Å². The second kappa shape index (κ2) is 10.6. The molecular weight excluding hydrogens is 454 g/mol. The molecular formula is C26H27NO6S.